The van der Waals surface area contributed by atoms with Crippen molar-refractivity contribution < 1.29 is 18.9 Å². The Morgan fingerprint density at radius 3 is 1.05 bits per heavy atom. The van der Waals surface area contributed by atoms with Gasteiger partial charge in [0.15, 0.2) is 6.29 Å². The van der Waals surface area contributed by atoms with Gasteiger partial charge in [0.2, 0.25) is 5.79 Å². The molecule has 0 N–H and O–H groups in total. The molecule has 6 heteroatoms. The summed E-state index contributed by atoms with van der Waals surface area (Å²) in [6.45, 7) is 14.7. The molecule has 12 aromatic rings. The number of unbranched alkanes of at least 4 members (excludes halogenated alkanes) is 25. The molecular weight excluding hydrogens is 1460 g/mol. The summed E-state index contributed by atoms with van der Waals surface area (Å²) in [6.07, 6.45) is 41.8. The van der Waals surface area contributed by atoms with Gasteiger partial charge in [0, 0.05) is 56.6 Å². The first-order valence-electron chi connectivity index (χ1n) is 47.8. The van der Waals surface area contributed by atoms with Crippen LogP contribution < -0.4 is 4.90 Å². The van der Waals surface area contributed by atoms with Crippen molar-refractivity contribution in [3.8, 4) is 33.4 Å². The average molecular weight is 1590 g/mol. The minimum Gasteiger partial charge on any atom is -0.346 e. The second-order valence-corrected chi connectivity index (χ2v) is 36.0. The molecular formula is C114H132N2O4. The molecule has 5 aliphatic rings. The lowest BCUT2D eigenvalue weighted by Gasteiger charge is -2.36. The number of ether oxygens (including phenoxy) is 4. The van der Waals surface area contributed by atoms with Crippen molar-refractivity contribution >= 4 is 38.9 Å². The highest BCUT2D eigenvalue weighted by Gasteiger charge is 2.55. The van der Waals surface area contributed by atoms with Crippen LogP contribution in [-0.4, -0.2) is 31.0 Å². The molecule has 622 valence electrons. The predicted octanol–water partition coefficient (Wildman–Crippen LogP) is 31.2. The summed E-state index contributed by atoms with van der Waals surface area (Å²) in [4.78, 5) is 2.45. The van der Waals surface area contributed by atoms with Gasteiger partial charge in [-0.3, -0.25) is 0 Å². The topological polar surface area (TPSA) is 45.1 Å². The second kappa shape index (κ2) is 38.9. The average Bonchev–Trinajstić information content (AvgIpc) is 1.49. The minimum absolute atomic E-state index is 0.447. The summed E-state index contributed by atoms with van der Waals surface area (Å²) in [7, 11) is 0. The van der Waals surface area contributed by atoms with Crippen LogP contribution in [0.2, 0.25) is 0 Å². The Balaban J connectivity index is 0.939. The van der Waals surface area contributed by atoms with E-state index < -0.39 is 22.9 Å². The van der Waals surface area contributed by atoms with Crippen molar-refractivity contribution in [2.75, 3.05) is 31.3 Å². The van der Waals surface area contributed by atoms with E-state index in [0.717, 1.165) is 83.5 Å². The van der Waals surface area contributed by atoms with Crippen LogP contribution in [0.4, 0.5) is 17.1 Å². The summed E-state index contributed by atoms with van der Waals surface area (Å²) in [6, 6.07) is 92.9. The lowest BCUT2D eigenvalue weighted by molar-refractivity contribution is -0.126. The number of hydrogen-bond acceptors (Lipinski definition) is 5. The van der Waals surface area contributed by atoms with Crippen LogP contribution in [-0.2, 0) is 67.8 Å². The zero-order valence-electron chi connectivity index (χ0n) is 73.1. The lowest BCUT2D eigenvalue weighted by atomic mass is 9.65. The first-order chi connectivity index (χ1) is 59.3. The van der Waals surface area contributed by atoms with E-state index in [1.54, 1.807) is 0 Å². The minimum atomic E-state index is -1.12. The third-order valence-corrected chi connectivity index (χ3v) is 28.0. The fraction of sp³-hybridized carbons (Fsp3) is 0.421. The van der Waals surface area contributed by atoms with Crippen LogP contribution in [0.5, 0.6) is 0 Å². The maximum atomic E-state index is 7.23. The van der Waals surface area contributed by atoms with Crippen molar-refractivity contribution in [3.63, 3.8) is 0 Å². The van der Waals surface area contributed by atoms with Crippen LogP contribution in [0.3, 0.4) is 0 Å². The van der Waals surface area contributed by atoms with Crippen molar-refractivity contribution in [1.29, 1.82) is 0 Å². The fourth-order valence-electron chi connectivity index (χ4n) is 21.6. The highest BCUT2D eigenvalue weighted by molar-refractivity contribution is 6.12. The molecule has 6 nitrogen and oxygen atoms in total. The fourth-order valence-corrected chi connectivity index (χ4v) is 21.6. The molecule has 2 aliphatic heterocycles. The van der Waals surface area contributed by atoms with Gasteiger partial charge in [-0.05, 0) is 237 Å². The van der Waals surface area contributed by atoms with E-state index in [4.69, 9.17) is 18.9 Å². The Kier molecular flexibility index (Phi) is 27.0. The molecule has 1 aromatic heterocycles. The van der Waals surface area contributed by atoms with Crippen molar-refractivity contribution in [2.24, 2.45) is 0 Å². The largest absolute Gasteiger partial charge is 0.346 e. The molecule has 0 atom stereocenters. The Morgan fingerprint density at radius 1 is 0.283 bits per heavy atom. The zero-order chi connectivity index (χ0) is 81.7. The molecule has 2 saturated heterocycles. The van der Waals surface area contributed by atoms with E-state index >= 15 is 0 Å². The summed E-state index contributed by atoms with van der Waals surface area (Å²) in [5.74, 6) is -1.12. The Morgan fingerprint density at radius 2 is 0.633 bits per heavy atom. The molecule has 3 aliphatic carbocycles. The van der Waals surface area contributed by atoms with Crippen molar-refractivity contribution in [3.05, 3.63) is 314 Å². The number of anilines is 3. The number of hydrogen-bond donors (Lipinski definition) is 0. The SMILES string of the molecule is CCCCCCCCc1ccc(C2(c3ccc(CCCCCCCC)cc3)c3cc4c(cc3-c3cc5c(cc32)-c2cc3c(cc2C5(c2ccc(CCCCCCCC)cc2)c2ccc(CCCCCCCC)cc2)c2ccc(N(c5ccccc5)c5ccccc5)cc2n3CCCCCCCC)C2(OCCO2)c2cc(C3OCCO3)ccc2-4)cc1. The molecule has 0 bridgehead atoms. The maximum Gasteiger partial charge on any atom is 0.223 e. The molecule has 120 heavy (non-hydrogen) atoms. The van der Waals surface area contributed by atoms with Crippen LogP contribution in [0.15, 0.2) is 231 Å². The smallest absolute Gasteiger partial charge is 0.223 e. The van der Waals surface area contributed by atoms with Gasteiger partial charge < -0.3 is 28.4 Å². The highest BCUT2D eigenvalue weighted by Crippen LogP contribution is 2.66. The Labute approximate surface area is 718 Å². The summed E-state index contributed by atoms with van der Waals surface area (Å²) in [5, 5.41) is 2.60. The van der Waals surface area contributed by atoms with E-state index in [2.05, 4.69) is 275 Å². The van der Waals surface area contributed by atoms with E-state index in [1.807, 2.05) is 0 Å². The number of rotatable bonds is 43. The molecule has 0 amide bonds. The third-order valence-electron chi connectivity index (χ3n) is 28.0. The van der Waals surface area contributed by atoms with Gasteiger partial charge in [-0.1, -0.05) is 347 Å². The van der Waals surface area contributed by atoms with E-state index in [9.17, 15) is 0 Å². The molecule has 11 aromatic carbocycles. The van der Waals surface area contributed by atoms with Crippen LogP contribution >= 0.6 is 0 Å². The second-order valence-electron chi connectivity index (χ2n) is 36.0. The molecule has 1 spiro atoms. The number of fused-ring (bicyclic) bond motifs is 14. The first-order valence-corrected chi connectivity index (χ1v) is 47.8. The molecule has 17 rings (SSSR count). The van der Waals surface area contributed by atoms with Gasteiger partial charge in [-0.25, -0.2) is 0 Å². The van der Waals surface area contributed by atoms with Gasteiger partial charge in [0.05, 0.1) is 42.8 Å². The zero-order valence-corrected chi connectivity index (χ0v) is 73.1. The Bertz CT molecular complexity index is 5210. The van der Waals surface area contributed by atoms with E-state index in [0.29, 0.717) is 26.4 Å². The molecule has 3 heterocycles. The number of aryl methyl sites for hydroxylation is 5. The van der Waals surface area contributed by atoms with E-state index in [1.165, 1.54) is 297 Å². The molecule has 0 saturated carbocycles. The third kappa shape index (κ3) is 16.5. The summed E-state index contributed by atoms with van der Waals surface area (Å²) in [5.41, 5.74) is 31.2. The maximum absolute atomic E-state index is 7.23. The highest BCUT2D eigenvalue weighted by atomic mass is 16.7. The van der Waals surface area contributed by atoms with Crippen LogP contribution in [0.25, 0.3) is 55.2 Å². The lowest BCUT2D eigenvalue weighted by Crippen LogP contribution is -2.30. The Hall–Kier alpha value is -9.14. The van der Waals surface area contributed by atoms with Gasteiger partial charge in [0.1, 0.15) is 0 Å². The number of nitrogens with zero attached hydrogens (tertiary/aromatic N) is 2. The quantitative estimate of drug-likeness (QED) is 0.0356. The van der Waals surface area contributed by atoms with Crippen LogP contribution in [0, 0.1) is 0 Å². The van der Waals surface area contributed by atoms with Crippen molar-refractivity contribution in [2.45, 2.75) is 282 Å². The van der Waals surface area contributed by atoms with Gasteiger partial charge in [0.25, 0.3) is 0 Å². The predicted molar refractivity (Wildman–Crippen MR) is 503 cm³/mol. The number of aromatic nitrogens is 1. The molecule has 2 fully saturated rings. The summed E-state index contributed by atoms with van der Waals surface area (Å²) >= 11 is 0. The molecule has 0 radical (unpaired) electrons. The standard InChI is InChI=1S/C114H132N2O4/c1-6-11-16-21-26-33-42-83-50-59-88(60-51-83)112(89-61-52-84(53-62-89)43-34-27-22-17-12-7-2)103-77-97-95-68-58-87(111-117-71-72-118-111)75-107(95)114(119-73-74-120-114)108(97)80-100(103)98-78-105-99(79-104(98)112)101-82-110-102(96-69-67-94(76-109(96)115(110)70-41-30-25-20-15-10-5)116(92-46-37-31-38-47-92)93-48-39-32-40-49-93)81-106(101)113(105,90-63-54-85(55-64-90)44-35-28-23-18-13-8-3)91-65-56-86(57-66-91)45-36-29-24-19-14-9-4/h31-32,37-40,46-69,75-82,111H,6-30,33-36,41-45,70-74H2,1-5H3. The summed E-state index contributed by atoms with van der Waals surface area (Å²) < 4.78 is 29.8. The first kappa shape index (κ1) is 83.1. The molecule has 0 unspecified atom stereocenters. The number of para-hydroxylation sites is 2. The van der Waals surface area contributed by atoms with Gasteiger partial charge in [-0.15, -0.1) is 0 Å². The van der Waals surface area contributed by atoms with E-state index in [-0.39, 0.29) is 0 Å². The monoisotopic (exact) mass is 1590 g/mol. The van der Waals surface area contributed by atoms with Crippen LogP contribution in [0.1, 0.15) is 317 Å². The van der Waals surface area contributed by atoms with Crippen molar-refractivity contribution in [1.82, 2.24) is 4.57 Å². The normalized spacial score (nSPS) is 15.1. The van der Waals surface area contributed by atoms with Gasteiger partial charge >= 0.3 is 0 Å². The van der Waals surface area contributed by atoms with Gasteiger partial charge in [-0.2, -0.15) is 0 Å². The number of benzene rings is 11.